The van der Waals surface area contributed by atoms with Crippen LogP contribution >= 0.6 is 0 Å². The molecule has 0 aromatic rings. The van der Waals surface area contributed by atoms with E-state index in [2.05, 4.69) is 19.2 Å². The highest BCUT2D eigenvalue weighted by atomic mass is 16.4. The Morgan fingerprint density at radius 2 is 2.06 bits per heavy atom. The first kappa shape index (κ1) is 13.8. The molecule has 0 radical (unpaired) electrons. The van der Waals surface area contributed by atoms with E-state index in [9.17, 15) is 9.59 Å². The molecule has 0 bridgehead atoms. The Kier molecular flexibility index (Phi) is 5.25. The van der Waals surface area contributed by atoms with Crippen LogP contribution in [0.1, 0.15) is 39.5 Å². The van der Waals surface area contributed by atoms with Crippen molar-refractivity contribution in [1.82, 2.24) is 10.2 Å². The third-order valence-corrected chi connectivity index (χ3v) is 2.65. The van der Waals surface area contributed by atoms with Crippen molar-refractivity contribution >= 4 is 12.0 Å². The van der Waals surface area contributed by atoms with E-state index in [4.69, 9.17) is 5.11 Å². The predicted molar refractivity (Wildman–Crippen MR) is 64.8 cm³/mol. The summed E-state index contributed by atoms with van der Waals surface area (Å²) in [5, 5.41) is 11.3. The average molecular weight is 242 g/mol. The number of amides is 2. The zero-order valence-corrected chi connectivity index (χ0v) is 10.6. The van der Waals surface area contributed by atoms with Gasteiger partial charge in [0.2, 0.25) is 0 Å². The Morgan fingerprint density at radius 3 is 2.53 bits per heavy atom. The summed E-state index contributed by atoms with van der Waals surface area (Å²) in [6.07, 6.45) is 2.78. The molecule has 0 heterocycles. The maximum absolute atomic E-state index is 11.9. The van der Waals surface area contributed by atoms with E-state index < -0.39 is 5.97 Å². The summed E-state index contributed by atoms with van der Waals surface area (Å²) in [4.78, 5) is 24.1. The number of carbonyl (C=O) groups is 2. The summed E-state index contributed by atoms with van der Waals surface area (Å²) in [6.45, 7) is 5.39. The van der Waals surface area contributed by atoms with Gasteiger partial charge in [-0.1, -0.05) is 13.8 Å². The SMILES string of the molecule is CC(C)CN(C(=O)NCCCC(=O)O)C1CC1. The van der Waals surface area contributed by atoms with Crippen molar-refractivity contribution < 1.29 is 14.7 Å². The second-order valence-electron chi connectivity index (χ2n) is 5.01. The molecule has 2 amide bonds. The third-order valence-electron chi connectivity index (χ3n) is 2.65. The van der Waals surface area contributed by atoms with Crippen LogP contribution in [0.4, 0.5) is 4.79 Å². The maximum Gasteiger partial charge on any atom is 0.317 e. The van der Waals surface area contributed by atoms with Crippen LogP contribution in [0.5, 0.6) is 0 Å². The van der Waals surface area contributed by atoms with Gasteiger partial charge in [0, 0.05) is 25.6 Å². The van der Waals surface area contributed by atoms with Crippen molar-refractivity contribution in [2.24, 2.45) is 5.92 Å². The van der Waals surface area contributed by atoms with Gasteiger partial charge in [-0.05, 0) is 25.2 Å². The van der Waals surface area contributed by atoms with Crippen molar-refractivity contribution in [3.63, 3.8) is 0 Å². The molecule has 17 heavy (non-hydrogen) atoms. The van der Waals surface area contributed by atoms with Gasteiger partial charge in [-0.2, -0.15) is 0 Å². The summed E-state index contributed by atoms with van der Waals surface area (Å²) < 4.78 is 0. The van der Waals surface area contributed by atoms with Crippen molar-refractivity contribution in [3.8, 4) is 0 Å². The number of rotatable bonds is 7. The molecule has 1 saturated carbocycles. The molecule has 2 N–H and O–H groups in total. The standard InChI is InChI=1S/C12H22N2O3/c1-9(2)8-14(10-5-6-10)12(17)13-7-3-4-11(15)16/h9-10H,3-8H2,1-2H3,(H,13,17)(H,15,16). The van der Waals surface area contributed by atoms with Crippen LogP contribution in [0.3, 0.4) is 0 Å². The monoisotopic (exact) mass is 242 g/mol. The molecular weight excluding hydrogens is 220 g/mol. The summed E-state index contributed by atoms with van der Waals surface area (Å²) >= 11 is 0. The van der Waals surface area contributed by atoms with Gasteiger partial charge in [-0.3, -0.25) is 4.79 Å². The summed E-state index contributed by atoms with van der Waals surface area (Å²) in [5.74, 6) is -0.360. The molecule has 5 nitrogen and oxygen atoms in total. The highest BCUT2D eigenvalue weighted by molar-refractivity contribution is 5.75. The molecule has 0 spiro atoms. The molecule has 1 aliphatic carbocycles. The smallest absolute Gasteiger partial charge is 0.317 e. The molecule has 0 aromatic carbocycles. The van der Waals surface area contributed by atoms with E-state index in [1.54, 1.807) is 0 Å². The maximum atomic E-state index is 11.9. The minimum atomic E-state index is -0.819. The van der Waals surface area contributed by atoms with Crippen LogP contribution in [0.25, 0.3) is 0 Å². The van der Waals surface area contributed by atoms with Crippen molar-refractivity contribution in [3.05, 3.63) is 0 Å². The first-order valence-corrected chi connectivity index (χ1v) is 6.27. The van der Waals surface area contributed by atoms with Crippen molar-refractivity contribution in [2.75, 3.05) is 13.1 Å². The molecular formula is C12H22N2O3. The Morgan fingerprint density at radius 1 is 1.41 bits per heavy atom. The van der Waals surface area contributed by atoms with Gasteiger partial charge >= 0.3 is 12.0 Å². The first-order chi connectivity index (χ1) is 8.00. The van der Waals surface area contributed by atoms with E-state index >= 15 is 0 Å². The highest BCUT2D eigenvalue weighted by Crippen LogP contribution is 2.27. The van der Waals surface area contributed by atoms with Crippen molar-refractivity contribution in [1.29, 1.82) is 0 Å². The lowest BCUT2D eigenvalue weighted by molar-refractivity contribution is -0.137. The fourth-order valence-corrected chi connectivity index (χ4v) is 1.71. The van der Waals surface area contributed by atoms with Crippen LogP contribution < -0.4 is 5.32 Å². The molecule has 0 saturated heterocycles. The number of carboxylic acid groups (broad SMARTS) is 1. The minimum Gasteiger partial charge on any atom is -0.481 e. The lowest BCUT2D eigenvalue weighted by Gasteiger charge is -2.24. The number of urea groups is 1. The van der Waals surface area contributed by atoms with Crippen molar-refractivity contribution in [2.45, 2.75) is 45.6 Å². The molecule has 98 valence electrons. The largest absolute Gasteiger partial charge is 0.481 e. The Balaban J connectivity index is 2.25. The number of carboxylic acids is 1. The third kappa shape index (κ3) is 5.56. The van der Waals surface area contributed by atoms with Gasteiger partial charge in [-0.25, -0.2) is 4.79 Å². The van der Waals surface area contributed by atoms with E-state index in [0.717, 1.165) is 19.4 Å². The van der Waals surface area contributed by atoms with E-state index in [1.165, 1.54) is 0 Å². The van der Waals surface area contributed by atoms with Gasteiger partial charge in [0.25, 0.3) is 0 Å². The Bertz CT molecular complexity index is 275. The molecule has 1 rings (SSSR count). The first-order valence-electron chi connectivity index (χ1n) is 6.27. The quantitative estimate of drug-likeness (QED) is 0.667. The Labute approximate surface area is 102 Å². The number of hydrogen-bond donors (Lipinski definition) is 2. The number of carbonyl (C=O) groups excluding carboxylic acids is 1. The van der Waals surface area contributed by atoms with E-state index in [0.29, 0.717) is 24.9 Å². The van der Waals surface area contributed by atoms with Crippen LogP contribution in [-0.4, -0.2) is 41.1 Å². The van der Waals surface area contributed by atoms with Crippen LogP contribution in [-0.2, 0) is 4.79 Å². The van der Waals surface area contributed by atoms with Gasteiger partial charge in [0.1, 0.15) is 0 Å². The molecule has 5 heteroatoms. The van der Waals surface area contributed by atoms with Crippen LogP contribution in [0.2, 0.25) is 0 Å². The summed E-state index contributed by atoms with van der Waals surface area (Å²) in [6, 6.07) is 0.350. The lowest BCUT2D eigenvalue weighted by Crippen LogP contribution is -2.43. The zero-order chi connectivity index (χ0) is 12.8. The van der Waals surface area contributed by atoms with E-state index in [1.807, 2.05) is 4.90 Å². The molecule has 0 unspecified atom stereocenters. The normalized spacial score (nSPS) is 14.8. The predicted octanol–water partition coefficient (Wildman–Crippen LogP) is 1.68. The molecule has 1 fully saturated rings. The van der Waals surface area contributed by atoms with Crippen LogP contribution in [0.15, 0.2) is 0 Å². The number of nitrogens with one attached hydrogen (secondary N) is 1. The van der Waals surface area contributed by atoms with E-state index in [-0.39, 0.29) is 12.5 Å². The number of nitrogens with zero attached hydrogens (tertiary/aromatic N) is 1. The van der Waals surface area contributed by atoms with Gasteiger partial charge in [-0.15, -0.1) is 0 Å². The zero-order valence-electron chi connectivity index (χ0n) is 10.6. The lowest BCUT2D eigenvalue weighted by atomic mass is 10.2. The fraction of sp³-hybridized carbons (Fsp3) is 0.833. The molecule has 0 aliphatic heterocycles. The highest BCUT2D eigenvalue weighted by Gasteiger charge is 2.32. The topological polar surface area (TPSA) is 69.6 Å². The number of aliphatic carboxylic acids is 1. The molecule has 0 aromatic heterocycles. The van der Waals surface area contributed by atoms with Gasteiger partial charge in [0.15, 0.2) is 0 Å². The minimum absolute atomic E-state index is 0.0495. The second kappa shape index (κ2) is 6.47. The molecule has 0 atom stereocenters. The number of hydrogen-bond acceptors (Lipinski definition) is 2. The average Bonchev–Trinajstić information content (AvgIpc) is 3.03. The van der Waals surface area contributed by atoms with Crippen LogP contribution in [0, 0.1) is 5.92 Å². The Hall–Kier alpha value is -1.26. The summed E-state index contributed by atoms with van der Waals surface area (Å²) in [7, 11) is 0. The summed E-state index contributed by atoms with van der Waals surface area (Å²) in [5.41, 5.74) is 0. The van der Waals surface area contributed by atoms with Gasteiger partial charge < -0.3 is 15.3 Å². The fourth-order valence-electron chi connectivity index (χ4n) is 1.71. The van der Waals surface area contributed by atoms with Gasteiger partial charge in [0.05, 0.1) is 0 Å². The molecule has 1 aliphatic rings. The second-order valence-corrected chi connectivity index (χ2v) is 5.01.